The fourth-order valence-electron chi connectivity index (χ4n) is 1.05. The third kappa shape index (κ3) is 3.73. The molecular formula is C8H12ClNO3S2. The first kappa shape index (κ1) is 12.9. The molecule has 0 aliphatic carbocycles. The zero-order chi connectivity index (χ0) is 11.5. The topological polar surface area (TPSA) is 55.4 Å². The molecule has 0 fully saturated rings. The SMILES string of the molecule is COCC(C)NS(=O)(=O)c1ccc(Cl)s1. The van der Waals surface area contributed by atoms with E-state index in [0.29, 0.717) is 10.9 Å². The number of hydrogen-bond acceptors (Lipinski definition) is 4. The third-order valence-corrected chi connectivity index (χ3v) is 4.90. The largest absolute Gasteiger partial charge is 0.383 e. The Bertz CT molecular complexity index is 415. The van der Waals surface area contributed by atoms with Gasteiger partial charge in [-0.1, -0.05) is 11.6 Å². The molecule has 0 saturated heterocycles. The summed E-state index contributed by atoms with van der Waals surface area (Å²) in [6.45, 7) is 2.06. The van der Waals surface area contributed by atoms with Crippen LogP contribution in [0.15, 0.2) is 16.3 Å². The summed E-state index contributed by atoms with van der Waals surface area (Å²) in [4.78, 5) is 0. The number of ether oxygens (including phenoxy) is 1. The van der Waals surface area contributed by atoms with Crippen molar-refractivity contribution >= 4 is 33.0 Å². The van der Waals surface area contributed by atoms with Crippen LogP contribution in [-0.4, -0.2) is 28.2 Å². The first-order valence-electron chi connectivity index (χ1n) is 4.22. The van der Waals surface area contributed by atoms with Gasteiger partial charge in [0, 0.05) is 13.2 Å². The van der Waals surface area contributed by atoms with E-state index in [9.17, 15) is 8.42 Å². The number of hydrogen-bond donors (Lipinski definition) is 1. The molecule has 4 nitrogen and oxygen atoms in total. The van der Waals surface area contributed by atoms with Gasteiger partial charge in [0.25, 0.3) is 0 Å². The molecule has 7 heteroatoms. The Morgan fingerprint density at radius 2 is 2.27 bits per heavy atom. The molecule has 0 aromatic carbocycles. The minimum absolute atomic E-state index is 0.218. The molecule has 1 unspecified atom stereocenters. The average molecular weight is 270 g/mol. The molecule has 0 spiro atoms. The highest BCUT2D eigenvalue weighted by molar-refractivity contribution is 7.91. The maximum Gasteiger partial charge on any atom is 0.250 e. The van der Waals surface area contributed by atoms with Gasteiger partial charge in [-0.2, -0.15) is 0 Å². The Morgan fingerprint density at radius 1 is 1.60 bits per heavy atom. The van der Waals surface area contributed by atoms with Gasteiger partial charge in [0.05, 0.1) is 10.9 Å². The van der Waals surface area contributed by atoms with Gasteiger partial charge < -0.3 is 4.74 Å². The normalized spacial score (nSPS) is 14.1. The highest BCUT2D eigenvalue weighted by atomic mass is 35.5. The lowest BCUT2D eigenvalue weighted by Gasteiger charge is -2.11. The van der Waals surface area contributed by atoms with E-state index in [-0.39, 0.29) is 10.3 Å². The van der Waals surface area contributed by atoms with Crippen molar-refractivity contribution in [3.63, 3.8) is 0 Å². The van der Waals surface area contributed by atoms with Crippen LogP contribution in [0.2, 0.25) is 4.34 Å². The van der Waals surface area contributed by atoms with Crippen LogP contribution >= 0.6 is 22.9 Å². The zero-order valence-electron chi connectivity index (χ0n) is 8.36. The van der Waals surface area contributed by atoms with Gasteiger partial charge in [0.1, 0.15) is 4.21 Å². The number of halogens is 1. The molecule has 1 atom stereocenters. The minimum atomic E-state index is -3.46. The van der Waals surface area contributed by atoms with Crippen molar-refractivity contribution in [2.45, 2.75) is 17.2 Å². The molecule has 0 radical (unpaired) electrons. The highest BCUT2D eigenvalue weighted by Crippen LogP contribution is 2.25. The number of methoxy groups -OCH3 is 1. The molecule has 1 rings (SSSR count). The van der Waals surface area contributed by atoms with Crippen molar-refractivity contribution in [2.75, 3.05) is 13.7 Å². The average Bonchev–Trinajstić information content (AvgIpc) is 2.51. The molecule has 1 heterocycles. The number of nitrogens with one attached hydrogen (secondary N) is 1. The second-order valence-corrected chi connectivity index (χ2v) is 6.69. The summed E-state index contributed by atoms with van der Waals surface area (Å²) < 4.78 is 31.4. The molecule has 1 N–H and O–H groups in total. The predicted molar refractivity (Wildman–Crippen MR) is 61.0 cm³/mol. The summed E-state index contributed by atoms with van der Waals surface area (Å²) >= 11 is 6.69. The Hall–Kier alpha value is -0.140. The molecule has 86 valence electrons. The van der Waals surface area contributed by atoms with Crippen LogP contribution < -0.4 is 4.72 Å². The van der Waals surface area contributed by atoms with E-state index in [1.54, 1.807) is 13.0 Å². The fourth-order valence-corrected chi connectivity index (χ4v) is 3.78. The molecule has 0 amide bonds. The summed E-state index contributed by atoms with van der Waals surface area (Å²) in [6.07, 6.45) is 0. The summed E-state index contributed by atoms with van der Waals surface area (Å²) in [6, 6.07) is 2.78. The summed E-state index contributed by atoms with van der Waals surface area (Å²) in [5.74, 6) is 0. The number of thiophene rings is 1. The van der Waals surface area contributed by atoms with E-state index >= 15 is 0 Å². The summed E-state index contributed by atoms with van der Waals surface area (Å²) in [7, 11) is -1.94. The van der Waals surface area contributed by atoms with Gasteiger partial charge in [-0.05, 0) is 19.1 Å². The van der Waals surface area contributed by atoms with Crippen molar-refractivity contribution in [2.24, 2.45) is 0 Å². The molecule has 0 saturated carbocycles. The van der Waals surface area contributed by atoms with E-state index in [1.165, 1.54) is 13.2 Å². The van der Waals surface area contributed by atoms with Crippen LogP contribution in [0.5, 0.6) is 0 Å². The Balaban J connectivity index is 2.76. The summed E-state index contributed by atoms with van der Waals surface area (Å²) in [5.41, 5.74) is 0. The first-order valence-corrected chi connectivity index (χ1v) is 6.90. The van der Waals surface area contributed by atoms with Gasteiger partial charge in [-0.15, -0.1) is 11.3 Å². The molecular weight excluding hydrogens is 258 g/mol. The van der Waals surface area contributed by atoms with Crippen LogP contribution in [0.1, 0.15) is 6.92 Å². The Kier molecular flexibility index (Phi) is 4.54. The van der Waals surface area contributed by atoms with Gasteiger partial charge in [-0.3, -0.25) is 0 Å². The van der Waals surface area contributed by atoms with Gasteiger partial charge in [-0.25, -0.2) is 13.1 Å². The third-order valence-electron chi connectivity index (χ3n) is 1.59. The lowest BCUT2D eigenvalue weighted by Crippen LogP contribution is -2.35. The molecule has 0 aliphatic heterocycles. The quantitative estimate of drug-likeness (QED) is 0.885. The van der Waals surface area contributed by atoms with Crippen molar-refractivity contribution in [3.8, 4) is 0 Å². The van der Waals surface area contributed by atoms with Crippen LogP contribution in [0, 0.1) is 0 Å². The highest BCUT2D eigenvalue weighted by Gasteiger charge is 2.18. The van der Waals surface area contributed by atoms with E-state index in [2.05, 4.69) is 4.72 Å². The lowest BCUT2D eigenvalue weighted by atomic mass is 10.4. The zero-order valence-corrected chi connectivity index (χ0v) is 10.7. The maximum atomic E-state index is 11.7. The first-order chi connectivity index (χ1) is 6.95. The van der Waals surface area contributed by atoms with Crippen molar-refractivity contribution < 1.29 is 13.2 Å². The molecule has 0 aliphatic rings. The lowest BCUT2D eigenvalue weighted by molar-refractivity contribution is 0.180. The second-order valence-electron chi connectivity index (χ2n) is 3.04. The van der Waals surface area contributed by atoms with Crippen molar-refractivity contribution in [3.05, 3.63) is 16.5 Å². The Labute approximate surface area is 98.3 Å². The van der Waals surface area contributed by atoms with Crippen LogP contribution in [0.4, 0.5) is 0 Å². The smallest absolute Gasteiger partial charge is 0.250 e. The van der Waals surface area contributed by atoms with Crippen LogP contribution in [0.25, 0.3) is 0 Å². The maximum absolute atomic E-state index is 11.7. The van der Waals surface area contributed by atoms with Gasteiger partial charge in [0.15, 0.2) is 0 Å². The van der Waals surface area contributed by atoms with Crippen LogP contribution in [-0.2, 0) is 14.8 Å². The minimum Gasteiger partial charge on any atom is -0.383 e. The van der Waals surface area contributed by atoms with Gasteiger partial charge >= 0.3 is 0 Å². The van der Waals surface area contributed by atoms with E-state index in [0.717, 1.165) is 11.3 Å². The molecule has 1 aromatic heterocycles. The number of rotatable bonds is 5. The molecule has 15 heavy (non-hydrogen) atoms. The van der Waals surface area contributed by atoms with Gasteiger partial charge in [0.2, 0.25) is 10.0 Å². The number of sulfonamides is 1. The second kappa shape index (κ2) is 5.27. The van der Waals surface area contributed by atoms with E-state index in [4.69, 9.17) is 16.3 Å². The molecule has 0 bridgehead atoms. The summed E-state index contributed by atoms with van der Waals surface area (Å²) in [5, 5.41) is 0. The fraction of sp³-hybridized carbons (Fsp3) is 0.500. The Morgan fingerprint density at radius 3 is 2.73 bits per heavy atom. The van der Waals surface area contributed by atoms with E-state index < -0.39 is 10.0 Å². The van der Waals surface area contributed by atoms with Crippen molar-refractivity contribution in [1.29, 1.82) is 0 Å². The van der Waals surface area contributed by atoms with E-state index in [1.807, 2.05) is 0 Å². The molecule has 1 aromatic rings. The standard InChI is InChI=1S/C8H12ClNO3S2/c1-6(5-13-2)10-15(11,12)8-4-3-7(9)14-8/h3-4,6,10H,5H2,1-2H3. The van der Waals surface area contributed by atoms with Crippen LogP contribution in [0.3, 0.4) is 0 Å². The van der Waals surface area contributed by atoms with Crippen molar-refractivity contribution in [1.82, 2.24) is 4.72 Å². The monoisotopic (exact) mass is 269 g/mol. The predicted octanol–water partition coefficient (Wildman–Crippen LogP) is 1.71.